The second-order valence-electron chi connectivity index (χ2n) is 6.87. The molecule has 2 aliphatic carbocycles. The Morgan fingerprint density at radius 2 is 1.60 bits per heavy atom. The lowest BCUT2D eigenvalue weighted by atomic mass is 9.49. The molecule has 0 aromatic rings. The second kappa shape index (κ2) is 2.62. The van der Waals surface area contributed by atoms with E-state index in [0.29, 0.717) is 0 Å². The largest absolute Gasteiger partial charge is 0.365 e. The van der Waals surface area contributed by atoms with E-state index in [2.05, 4.69) is 29.8 Å². The van der Waals surface area contributed by atoms with Crippen LogP contribution in [-0.2, 0) is 4.74 Å². The lowest BCUT2D eigenvalue weighted by molar-refractivity contribution is -0.380. The van der Waals surface area contributed by atoms with Crippen molar-refractivity contribution in [1.82, 2.24) is 0 Å². The third-order valence-electron chi connectivity index (χ3n) is 4.41. The van der Waals surface area contributed by atoms with E-state index in [0.717, 1.165) is 31.0 Å². The van der Waals surface area contributed by atoms with E-state index in [1.807, 2.05) is 0 Å². The molecule has 0 radical (unpaired) electrons. The standard InChI is InChI=1S/C12H19BrO2/c1-9-3-10(2)5-11(4-9,8-13)15-12(14,6-9)7-10/h14H,3-8H2,1-2H3. The van der Waals surface area contributed by atoms with E-state index in [-0.39, 0.29) is 16.4 Å². The van der Waals surface area contributed by atoms with Gasteiger partial charge in [-0.3, -0.25) is 0 Å². The molecule has 4 rings (SSSR count). The summed E-state index contributed by atoms with van der Waals surface area (Å²) in [5.41, 5.74) is 0.463. The van der Waals surface area contributed by atoms with Crippen molar-refractivity contribution in [3.8, 4) is 0 Å². The predicted molar refractivity (Wildman–Crippen MR) is 61.9 cm³/mol. The maximum absolute atomic E-state index is 10.5. The van der Waals surface area contributed by atoms with Gasteiger partial charge < -0.3 is 9.84 Å². The van der Waals surface area contributed by atoms with Crippen LogP contribution in [0.3, 0.4) is 0 Å². The van der Waals surface area contributed by atoms with Crippen LogP contribution in [0.5, 0.6) is 0 Å². The number of ether oxygens (including phenoxy) is 1. The normalized spacial score (nSPS) is 62.4. The fourth-order valence-corrected chi connectivity index (χ4v) is 5.60. The predicted octanol–water partition coefficient (Wildman–Crippen LogP) is 2.83. The Morgan fingerprint density at radius 3 is 2.00 bits per heavy atom. The topological polar surface area (TPSA) is 29.5 Å². The van der Waals surface area contributed by atoms with Crippen molar-refractivity contribution in [2.24, 2.45) is 10.8 Å². The van der Waals surface area contributed by atoms with E-state index in [1.54, 1.807) is 0 Å². The first-order valence-electron chi connectivity index (χ1n) is 5.79. The van der Waals surface area contributed by atoms with Gasteiger partial charge in [-0.25, -0.2) is 0 Å². The molecule has 2 heterocycles. The van der Waals surface area contributed by atoms with Crippen LogP contribution in [0, 0.1) is 10.8 Å². The summed E-state index contributed by atoms with van der Waals surface area (Å²) in [4.78, 5) is 0. The van der Waals surface area contributed by atoms with Gasteiger partial charge in [-0.2, -0.15) is 0 Å². The Balaban J connectivity index is 2.06. The van der Waals surface area contributed by atoms with Crippen LogP contribution in [-0.4, -0.2) is 21.8 Å². The molecule has 86 valence electrons. The minimum absolute atomic E-state index is 0.104. The summed E-state index contributed by atoms with van der Waals surface area (Å²) in [5, 5.41) is 11.3. The summed E-state index contributed by atoms with van der Waals surface area (Å²) in [6.07, 6.45) is 5.10. The molecule has 1 N–H and O–H groups in total. The lowest BCUT2D eigenvalue weighted by Gasteiger charge is -2.67. The van der Waals surface area contributed by atoms with Crippen LogP contribution in [0.1, 0.15) is 46.0 Å². The van der Waals surface area contributed by atoms with Crippen molar-refractivity contribution in [1.29, 1.82) is 0 Å². The smallest absolute Gasteiger partial charge is 0.167 e. The molecule has 4 bridgehead atoms. The Labute approximate surface area is 99.5 Å². The summed E-state index contributed by atoms with van der Waals surface area (Å²) in [6, 6.07) is 0. The van der Waals surface area contributed by atoms with Gasteiger partial charge in [0.05, 0.1) is 5.60 Å². The summed E-state index contributed by atoms with van der Waals surface area (Å²) in [5.74, 6) is -0.841. The zero-order valence-electron chi connectivity index (χ0n) is 9.48. The quantitative estimate of drug-likeness (QED) is 0.746. The molecular formula is C12H19BrO2. The molecule has 0 amide bonds. The molecule has 2 saturated heterocycles. The molecule has 4 aliphatic rings. The van der Waals surface area contributed by atoms with Gasteiger partial charge in [-0.05, 0) is 30.1 Å². The molecule has 15 heavy (non-hydrogen) atoms. The van der Waals surface area contributed by atoms with Gasteiger partial charge in [0.15, 0.2) is 5.79 Å². The average molecular weight is 275 g/mol. The fraction of sp³-hybridized carbons (Fsp3) is 1.00. The van der Waals surface area contributed by atoms with Gasteiger partial charge in [0.25, 0.3) is 0 Å². The van der Waals surface area contributed by atoms with Crippen LogP contribution in [0.2, 0.25) is 0 Å². The minimum atomic E-state index is -0.841. The monoisotopic (exact) mass is 274 g/mol. The number of hydrogen-bond acceptors (Lipinski definition) is 2. The number of rotatable bonds is 1. The first-order valence-corrected chi connectivity index (χ1v) is 6.91. The first-order chi connectivity index (χ1) is 6.80. The average Bonchev–Trinajstić information content (AvgIpc) is 1.94. The van der Waals surface area contributed by atoms with Gasteiger partial charge in [-0.15, -0.1) is 0 Å². The highest BCUT2D eigenvalue weighted by Gasteiger charge is 2.66. The highest BCUT2D eigenvalue weighted by Crippen LogP contribution is 2.67. The SMILES string of the molecule is CC12CC3(C)CC(O)(C1)OC(CBr)(C2)C3. The third kappa shape index (κ3) is 1.43. The first kappa shape index (κ1) is 10.5. The van der Waals surface area contributed by atoms with E-state index in [1.165, 1.54) is 6.42 Å². The number of hydrogen-bond donors (Lipinski definition) is 1. The van der Waals surface area contributed by atoms with Crippen LogP contribution >= 0.6 is 15.9 Å². The molecule has 0 aromatic heterocycles. The summed E-state index contributed by atoms with van der Waals surface area (Å²) < 4.78 is 5.99. The van der Waals surface area contributed by atoms with Crippen molar-refractivity contribution in [2.45, 2.75) is 57.3 Å². The van der Waals surface area contributed by atoms with Crippen LogP contribution in [0.25, 0.3) is 0 Å². The number of aliphatic hydroxyl groups is 1. The maximum atomic E-state index is 10.5. The molecule has 2 nitrogen and oxygen atoms in total. The second-order valence-corrected chi connectivity index (χ2v) is 7.43. The molecule has 0 aromatic carbocycles. The number of halogens is 1. The fourth-order valence-electron chi connectivity index (χ4n) is 5.09. The van der Waals surface area contributed by atoms with Gasteiger partial charge in [0.2, 0.25) is 0 Å². The Morgan fingerprint density at radius 1 is 1.07 bits per heavy atom. The third-order valence-corrected chi connectivity index (χ3v) is 5.43. The van der Waals surface area contributed by atoms with Crippen molar-refractivity contribution < 1.29 is 9.84 Å². The van der Waals surface area contributed by atoms with Crippen molar-refractivity contribution in [3.05, 3.63) is 0 Å². The van der Waals surface area contributed by atoms with E-state index < -0.39 is 5.79 Å². The molecule has 3 heteroatoms. The van der Waals surface area contributed by atoms with E-state index in [4.69, 9.17) is 4.74 Å². The Hall–Kier alpha value is 0.400. The zero-order chi connectivity index (χ0) is 10.9. The van der Waals surface area contributed by atoms with Crippen LogP contribution in [0.15, 0.2) is 0 Å². The van der Waals surface area contributed by atoms with Crippen LogP contribution in [0.4, 0.5) is 0 Å². The van der Waals surface area contributed by atoms with Gasteiger partial charge >= 0.3 is 0 Å². The van der Waals surface area contributed by atoms with Crippen LogP contribution < -0.4 is 0 Å². The molecule has 2 unspecified atom stereocenters. The van der Waals surface area contributed by atoms with Crippen molar-refractivity contribution in [3.63, 3.8) is 0 Å². The van der Waals surface area contributed by atoms with Gasteiger partial charge in [-0.1, -0.05) is 29.8 Å². The molecule has 4 fully saturated rings. The molecular weight excluding hydrogens is 256 g/mol. The summed E-state index contributed by atoms with van der Waals surface area (Å²) in [6.45, 7) is 4.63. The molecule has 0 spiro atoms. The van der Waals surface area contributed by atoms with Crippen molar-refractivity contribution >= 4 is 15.9 Å². The Kier molecular flexibility index (Phi) is 1.84. The summed E-state index contributed by atoms with van der Waals surface area (Å²) in [7, 11) is 0. The molecule has 2 saturated carbocycles. The van der Waals surface area contributed by atoms with Crippen molar-refractivity contribution in [2.75, 3.05) is 5.33 Å². The van der Waals surface area contributed by atoms with E-state index >= 15 is 0 Å². The summed E-state index contributed by atoms with van der Waals surface area (Å²) >= 11 is 3.57. The molecule has 2 atom stereocenters. The van der Waals surface area contributed by atoms with E-state index in [9.17, 15) is 5.11 Å². The molecule has 2 aliphatic heterocycles. The maximum Gasteiger partial charge on any atom is 0.167 e. The van der Waals surface area contributed by atoms with Gasteiger partial charge in [0, 0.05) is 18.2 Å². The highest BCUT2D eigenvalue weighted by molar-refractivity contribution is 9.09. The lowest BCUT2D eigenvalue weighted by Crippen LogP contribution is -2.67. The Bertz CT molecular complexity index is 261. The zero-order valence-corrected chi connectivity index (χ0v) is 11.1. The minimum Gasteiger partial charge on any atom is -0.365 e. The number of alkyl halides is 1. The van der Waals surface area contributed by atoms with Gasteiger partial charge in [0.1, 0.15) is 0 Å². The highest BCUT2D eigenvalue weighted by atomic mass is 79.9.